The smallest absolute Gasteiger partial charge is 0 e. The van der Waals surface area contributed by atoms with Crippen LogP contribution in [0.15, 0.2) is 30.3 Å². The van der Waals surface area contributed by atoms with Gasteiger partial charge in [0, 0.05) is 51.4 Å². The maximum atomic E-state index is 2.08. The summed E-state index contributed by atoms with van der Waals surface area (Å²) in [5.41, 5.74) is 1.32. The Morgan fingerprint density at radius 1 is 1.00 bits per heavy atom. The molecule has 0 aliphatic heterocycles. The fraction of sp³-hybridized carbons (Fsp3) is 0.143. The van der Waals surface area contributed by atoms with E-state index in [0.29, 0.717) is 0 Å². The first kappa shape index (κ1) is 8.86. The van der Waals surface area contributed by atoms with Crippen LogP contribution in [0.5, 0.6) is 0 Å². The summed E-state index contributed by atoms with van der Waals surface area (Å²) < 4.78 is 0. The van der Waals surface area contributed by atoms with Gasteiger partial charge in [-0.05, 0) is 6.92 Å². The normalized spacial score (nSPS) is 7.62. The third kappa shape index (κ3) is 3.00. The molecule has 0 fully saturated rings. The van der Waals surface area contributed by atoms with E-state index in [1.165, 1.54) is 5.56 Å². The van der Waals surface area contributed by atoms with Gasteiger partial charge in [-0.25, -0.2) is 0 Å². The van der Waals surface area contributed by atoms with Crippen LogP contribution in [-0.2, 0) is 0 Å². The van der Waals surface area contributed by atoms with E-state index in [0.717, 1.165) is 0 Å². The fourth-order valence-electron chi connectivity index (χ4n) is 0.534. The maximum absolute atomic E-state index is 2.08. The molecule has 0 bridgehead atoms. The van der Waals surface area contributed by atoms with Gasteiger partial charge in [0.15, 0.2) is 0 Å². The topological polar surface area (TPSA) is 0 Å². The molecule has 0 nitrogen and oxygen atoms in total. The van der Waals surface area contributed by atoms with Crippen LogP contribution in [-0.4, -0.2) is 51.4 Å². The Balaban J connectivity index is 0.000000490. The third-order valence-electron chi connectivity index (χ3n) is 0.940. The standard InChI is InChI=1S/C7H8.K/c1-7-5-3-2-4-6-7;/h2-6H,1H3;. The number of hydrogen-bond donors (Lipinski definition) is 0. The van der Waals surface area contributed by atoms with E-state index in [9.17, 15) is 0 Å². The summed E-state index contributed by atoms with van der Waals surface area (Å²) in [6.07, 6.45) is 0. The zero-order valence-electron chi connectivity index (χ0n) is 5.39. The molecule has 0 aliphatic rings. The van der Waals surface area contributed by atoms with Crippen molar-refractivity contribution in [2.75, 3.05) is 0 Å². The summed E-state index contributed by atoms with van der Waals surface area (Å²) in [7, 11) is 0. The second-order valence-electron chi connectivity index (χ2n) is 1.65. The van der Waals surface area contributed by atoms with Crippen LogP contribution < -0.4 is 0 Å². The average Bonchev–Trinajstić information content (AvgIpc) is 1.69. The Labute approximate surface area is 92.7 Å². The summed E-state index contributed by atoms with van der Waals surface area (Å²) in [6, 6.07) is 10.3. The molecule has 8 heavy (non-hydrogen) atoms. The van der Waals surface area contributed by atoms with Crippen LogP contribution in [0, 0.1) is 6.92 Å². The molecule has 0 amide bonds. The summed E-state index contributed by atoms with van der Waals surface area (Å²) >= 11 is 0. The molecule has 0 aromatic heterocycles. The van der Waals surface area contributed by atoms with Gasteiger partial charge in [-0.1, -0.05) is 35.9 Å². The van der Waals surface area contributed by atoms with Gasteiger partial charge >= 0.3 is 0 Å². The zero-order valence-corrected chi connectivity index (χ0v) is 8.51. The SMILES string of the molecule is Cc1ccccc1.[K]. The molecule has 1 aromatic carbocycles. The van der Waals surface area contributed by atoms with Crippen LogP contribution in [0.1, 0.15) is 5.56 Å². The van der Waals surface area contributed by atoms with Crippen molar-refractivity contribution in [2.24, 2.45) is 0 Å². The Kier molecular flexibility index (Phi) is 5.21. The van der Waals surface area contributed by atoms with Gasteiger partial charge < -0.3 is 0 Å². The second-order valence-corrected chi connectivity index (χ2v) is 1.65. The molecule has 0 spiro atoms. The monoisotopic (exact) mass is 131 g/mol. The minimum absolute atomic E-state index is 0. The van der Waals surface area contributed by atoms with Crippen molar-refractivity contribution in [1.29, 1.82) is 0 Å². The van der Waals surface area contributed by atoms with Crippen molar-refractivity contribution in [3.05, 3.63) is 35.9 Å². The molecule has 0 saturated carbocycles. The Morgan fingerprint density at radius 2 is 1.50 bits per heavy atom. The van der Waals surface area contributed by atoms with E-state index < -0.39 is 0 Å². The number of hydrogen-bond acceptors (Lipinski definition) is 0. The van der Waals surface area contributed by atoms with E-state index in [1.54, 1.807) is 0 Å². The molecule has 0 heterocycles. The Morgan fingerprint density at radius 3 is 1.75 bits per heavy atom. The largest absolute Gasteiger partial charge is 0.0622 e. The summed E-state index contributed by atoms with van der Waals surface area (Å²) in [5.74, 6) is 0. The van der Waals surface area contributed by atoms with E-state index in [-0.39, 0.29) is 51.4 Å². The second kappa shape index (κ2) is 4.71. The van der Waals surface area contributed by atoms with Crippen molar-refractivity contribution in [1.82, 2.24) is 0 Å². The number of aryl methyl sites for hydroxylation is 1. The van der Waals surface area contributed by atoms with Crippen molar-refractivity contribution >= 4 is 51.4 Å². The molecular weight excluding hydrogens is 123 g/mol. The number of rotatable bonds is 0. The summed E-state index contributed by atoms with van der Waals surface area (Å²) in [6.45, 7) is 2.08. The first-order valence-corrected chi connectivity index (χ1v) is 2.41. The van der Waals surface area contributed by atoms with Crippen LogP contribution in [0.2, 0.25) is 0 Å². The van der Waals surface area contributed by atoms with E-state index in [4.69, 9.17) is 0 Å². The first-order chi connectivity index (χ1) is 3.39. The summed E-state index contributed by atoms with van der Waals surface area (Å²) in [5, 5.41) is 0. The van der Waals surface area contributed by atoms with Gasteiger partial charge in [-0.15, -0.1) is 0 Å². The molecule has 0 aliphatic carbocycles. The zero-order chi connectivity index (χ0) is 5.11. The first-order valence-electron chi connectivity index (χ1n) is 2.41. The van der Waals surface area contributed by atoms with Crippen molar-refractivity contribution < 1.29 is 0 Å². The molecular formula is C7H8K. The van der Waals surface area contributed by atoms with E-state index in [2.05, 4.69) is 19.1 Å². The van der Waals surface area contributed by atoms with E-state index >= 15 is 0 Å². The van der Waals surface area contributed by atoms with E-state index in [1.807, 2.05) is 18.2 Å². The van der Waals surface area contributed by atoms with Crippen LogP contribution in [0.25, 0.3) is 0 Å². The van der Waals surface area contributed by atoms with Crippen LogP contribution >= 0.6 is 0 Å². The molecule has 0 saturated heterocycles. The van der Waals surface area contributed by atoms with Gasteiger partial charge in [-0.3, -0.25) is 0 Å². The van der Waals surface area contributed by atoms with Gasteiger partial charge in [0.2, 0.25) is 0 Å². The van der Waals surface area contributed by atoms with Crippen molar-refractivity contribution in [3.63, 3.8) is 0 Å². The van der Waals surface area contributed by atoms with Crippen molar-refractivity contribution in [3.8, 4) is 0 Å². The molecule has 37 valence electrons. The Hall–Kier alpha value is 0.856. The molecule has 0 unspecified atom stereocenters. The van der Waals surface area contributed by atoms with Gasteiger partial charge in [-0.2, -0.15) is 0 Å². The Bertz CT molecular complexity index is 134. The van der Waals surface area contributed by atoms with Gasteiger partial charge in [0.05, 0.1) is 0 Å². The van der Waals surface area contributed by atoms with Gasteiger partial charge in [0.1, 0.15) is 0 Å². The predicted octanol–water partition coefficient (Wildman–Crippen LogP) is 1.61. The summed E-state index contributed by atoms with van der Waals surface area (Å²) in [4.78, 5) is 0. The molecule has 1 aromatic rings. The quantitative estimate of drug-likeness (QED) is 0.469. The minimum Gasteiger partial charge on any atom is -0.0622 e. The average molecular weight is 131 g/mol. The minimum atomic E-state index is 0. The van der Waals surface area contributed by atoms with Gasteiger partial charge in [0.25, 0.3) is 0 Å². The maximum Gasteiger partial charge on any atom is 0 e. The predicted molar refractivity (Wildman–Crippen MR) is 36.9 cm³/mol. The van der Waals surface area contributed by atoms with Crippen LogP contribution in [0.4, 0.5) is 0 Å². The van der Waals surface area contributed by atoms with Crippen LogP contribution in [0.3, 0.4) is 0 Å². The van der Waals surface area contributed by atoms with Crippen molar-refractivity contribution in [2.45, 2.75) is 6.92 Å². The third-order valence-corrected chi connectivity index (χ3v) is 0.940. The fourth-order valence-corrected chi connectivity index (χ4v) is 0.534. The molecule has 1 rings (SSSR count). The number of benzene rings is 1. The molecule has 0 atom stereocenters. The molecule has 1 radical (unpaired) electrons. The molecule has 0 N–H and O–H groups in total. The molecule has 1 heteroatoms.